The van der Waals surface area contributed by atoms with Crippen LogP contribution in [0.25, 0.3) is 0 Å². The molecule has 0 aliphatic heterocycles. The van der Waals surface area contributed by atoms with Gasteiger partial charge in [-0.3, -0.25) is 4.79 Å². The van der Waals surface area contributed by atoms with Crippen molar-refractivity contribution in [2.75, 3.05) is 0 Å². The predicted molar refractivity (Wildman–Crippen MR) is 172 cm³/mol. The van der Waals surface area contributed by atoms with Crippen molar-refractivity contribution in [3.05, 3.63) is 119 Å². The predicted octanol–water partition coefficient (Wildman–Crippen LogP) is 11.2. The van der Waals surface area contributed by atoms with E-state index in [9.17, 15) is 4.79 Å². The molecule has 208 valence electrons. The quantitative estimate of drug-likeness (QED) is 0.161. The summed E-state index contributed by atoms with van der Waals surface area (Å²) in [7, 11) is 0. The molecule has 0 bridgehead atoms. The Morgan fingerprint density at radius 3 is 1.55 bits per heavy atom. The highest BCUT2D eigenvalue weighted by Crippen LogP contribution is 2.43. The molecule has 0 amide bonds. The molecule has 0 N–H and O–H groups in total. The highest BCUT2D eigenvalue weighted by atomic mass is 16.1. The maximum atomic E-state index is 10.3. The van der Waals surface area contributed by atoms with E-state index in [2.05, 4.69) is 118 Å². The van der Waals surface area contributed by atoms with Crippen molar-refractivity contribution in [3.8, 4) is 0 Å². The van der Waals surface area contributed by atoms with Gasteiger partial charge in [0.2, 0.25) is 0 Å². The van der Waals surface area contributed by atoms with Crippen molar-refractivity contribution in [3.63, 3.8) is 0 Å². The maximum absolute atomic E-state index is 10.3. The van der Waals surface area contributed by atoms with E-state index in [-0.39, 0.29) is 5.41 Å². The number of hydrogen-bond acceptors (Lipinski definition) is 1. The molecule has 0 saturated heterocycles. The summed E-state index contributed by atoms with van der Waals surface area (Å²) in [5.41, 5.74) is 7.95. The van der Waals surface area contributed by atoms with Crippen LogP contribution in [0.1, 0.15) is 89.0 Å². The summed E-state index contributed by atoms with van der Waals surface area (Å²) in [5, 5.41) is 0. The molecule has 0 unspecified atom stereocenters. The highest BCUT2D eigenvalue weighted by Gasteiger charge is 2.30. The molecule has 1 atom stereocenters. The molecular weight excluding hydrogens is 460 g/mol. The van der Waals surface area contributed by atoms with Gasteiger partial charge < -0.3 is 0 Å². The van der Waals surface area contributed by atoms with Crippen LogP contribution >= 0.6 is 0 Å². The van der Waals surface area contributed by atoms with Crippen molar-refractivity contribution >= 4 is 6.29 Å². The van der Waals surface area contributed by atoms with Gasteiger partial charge in [0.25, 0.3) is 0 Å². The van der Waals surface area contributed by atoms with Gasteiger partial charge in [0.05, 0.1) is 0 Å². The first kappa shape index (κ1) is 35.1. The number of rotatable bonds is 10. The molecule has 0 spiro atoms. The Bertz CT molecular complexity index is 1030. The molecule has 0 saturated carbocycles. The van der Waals surface area contributed by atoms with Crippen molar-refractivity contribution in [1.82, 2.24) is 0 Å². The number of carbonyl (C=O) groups is 1. The van der Waals surface area contributed by atoms with Gasteiger partial charge in [-0.2, -0.15) is 0 Å². The van der Waals surface area contributed by atoms with Crippen LogP contribution in [0.4, 0.5) is 0 Å². The van der Waals surface area contributed by atoms with Gasteiger partial charge in [0.15, 0.2) is 0 Å². The van der Waals surface area contributed by atoms with Crippen LogP contribution in [0.2, 0.25) is 0 Å². The largest absolute Gasteiger partial charge is 0.299 e. The average molecular weight is 515 g/mol. The van der Waals surface area contributed by atoms with Gasteiger partial charge in [-0.1, -0.05) is 148 Å². The summed E-state index contributed by atoms with van der Waals surface area (Å²) in [4.78, 5) is 10.3. The van der Waals surface area contributed by atoms with Gasteiger partial charge in [-0.25, -0.2) is 0 Å². The summed E-state index contributed by atoms with van der Waals surface area (Å²) in [6.07, 6.45) is 31.9. The van der Waals surface area contributed by atoms with Gasteiger partial charge in [0, 0.05) is 0 Å². The second-order valence-electron chi connectivity index (χ2n) is 11.9. The molecule has 1 nitrogen and oxygen atoms in total. The molecular formula is C37H54O. The van der Waals surface area contributed by atoms with Crippen molar-refractivity contribution in [2.24, 2.45) is 17.3 Å². The second-order valence-corrected chi connectivity index (χ2v) is 11.9. The molecule has 0 heterocycles. The van der Waals surface area contributed by atoms with Crippen LogP contribution in [0, 0.1) is 17.3 Å². The molecule has 0 aromatic heterocycles. The van der Waals surface area contributed by atoms with Crippen molar-refractivity contribution in [2.45, 2.75) is 89.0 Å². The highest BCUT2D eigenvalue weighted by molar-refractivity contribution is 5.65. The van der Waals surface area contributed by atoms with Crippen molar-refractivity contribution in [1.29, 1.82) is 0 Å². The Balaban J connectivity index is 0.00000318. The fourth-order valence-corrected chi connectivity index (χ4v) is 4.38. The van der Waals surface area contributed by atoms with Gasteiger partial charge in [-0.15, -0.1) is 0 Å². The normalized spacial score (nSPS) is 20.1. The van der Waals surface area contributed by atoms with Crippen LogP contribution in [-0.4, -0.2) is 6.29 Å². The summed E-state index contributed by atoms with van der Waals surface area (Å²) < 4.78 is 0. The first-order valence-electron chi connectivity index (χ1n) is 14.0. The van der Waals surface area contributed by atoms with Crippen LogP contribution < -0.4 is 0 Å². The molecule has 0 aromatic rings. The van der Waals surface area contributed by atoms with Crippen LogP contribution in [0.5, 0.6) is 0 Å². The molecule has 1 heteroatoms. The van der Waals surface area contributed by atoms with Gasteiger partial charge in [-0.05, 0) is 76.4 Å². The third-order valence-corrected chi connectivity index (χ3v) is 5.92. The lowest BCUT2D eigenvalue weighted by Gasteiger charge is -2.36. The SMILES string of the molecule is CC(C)C.CC1=C(/C=C/C(C)=C/C=C/C(C)=C/C=C/C=C(C)/C=C/C=C(C)/C=C/C=O)C(C)(C)C[C@H](C)C1. The second kappa shape index (κ2) is 19.2. The third-order valence-electron chi connectivity index (χ3n) is 5.92. The summed E-state index contributed by atoms with van der Waals surface area (Å²) in [6, 6.07) is 0. The average Bonchev–Trinajstić information content (AvgIpc) is 2.79. The van der Waals surface area contributed by atoms with E-state index >= 15 is 0 Å². The zero-order chi connectivity index (χ0) is 29.1. The summed E-state index contributed by atoms with van der Waals surface area (Å²) in [5.74, 6) is 1.61. The minimum atomic E-state index is 0.257. The van der Waals surface area contributed by atoms with E-state index in [1.165, 1.54) is 41.2 Å². The summed E-state index contributed by atoms with van der Waals surface area (Å²) in [6.45, 7) is 24.2. The van der Waals surface area contributed by atoms with E-state index in [4.69, 9.17) is 0 Å². The Morgan fingerprint density at radius 2 is 1.13 bits per heavy atom. The monoisotopic (exact) mass is 514 g/mol. The Kier molecular flexibility index (Phi) is 17.7. The van der Waals surface area contributed by atoms with E-state index in [1.807, 2.05) is 31.2 Å². The van der Waals surface area contributed by atoms with Crippen LogP contribution in [0.15, 0.2) is 119 Å². The molecule has 0 radical (unpaired) electrons. The third kappa shape index (κ3) is 17.5. The lowest BCUT2D eigenvalue weighted by molar-refractivity contribution is -0.104. The van der Waals surface area contributed by atoms with Crippen LogP contribution in [0.3, 0.4) is 0 Å². The Labute approximate surface area is 235 Å². The first-order chi connectivity index (χ1) is 17.8. The Hall–Kier alpha value is -2.93. The molecule has 1 rings (SSSR count). The zero-order valence-corrected chi connectivity index (χ0v) is 26.1. The minimum Gasteiger partial charge on any atom is -0.299 e. The molecule has 1 aliphatic carbocycles. The number of allylic oxidation sites excluding steroid dienone is 20. The first-order valence-corrected chi connectivity index (χ1v) is 14.0. The fourth-order valence-electron chi connectivity index (χ4n) is 4.38. The van der Waals surface area contributed by atoms with Gasteiger partial charge >= 0.3 is 0 Å². The van der Waals surface area contributed by atoms with Crippen molar-refractivity contribution < 1.29 is 4.79 Å². The van der Waals surface area contributed by atoms with Gasteiger partial charge in [0.1, 0.15) is 6.29 Å². The molecule has 0 aromatic carbocycles. The standard InChI is InChI=1S/C33H44O.C4H10/c1-26(16-11-18-28(3)20-13-23-34)14-9-10-15-27(2)17-12-19-29(4)21-22-32-31(6)24-30(5)25-33(32,7)8;1-4(2)3/h9-23,30H,24-25H2,1-8H3;4H,1-3H3/b10-9+,16-11+,17-12+,20-13+,22-21+,26-14+,27-15+,28-18+,29-19+;/t30-;/m1./s1. The topological polar surface area (TPSA) is 17.1 Å². The maximum Gasteiger partial charge on any atom is 0.142 e. The van der Waals surface area contributed by atoms with E-state index in [1.54, 1.807) is 6.08 Å². The van der Waals surface area contributed by atoms with E-state index in [0.29, 0.717) is 0 Å². The zero-order valence-electron chi connectivity index (χ0n) is 26.1. The lowest BCUT2D eigenvalue weighted by Crippen LogP contribution is -2.23. The number of carbonyl (C=O) groups excluding carboxylic acids is 1. The number of hydrogen-bond donors (Lipinski definition) is 0. The smallest absolute Gasteiger partial charge is 0.142 e. The Morgan fingerprint density at radius 1 is 0.737 bits per heavy atom. The minimum absolute atomic E-state index is 0.257. The number of aldehydes is 1. The van der Waals surface area contributed by atoms with E-state index in [0.717, 1.165) is 29.3 Å². The molecule has 0 fully saturated rings. The van der Waals surface area contributed by atoms with E-state index < -0.39 is 0 Å². The fraction of sp³-hybridized carbons (Fsp3) is 0.432. The lowest BCUT2D eigenvalue weighted by atomic mass is 9.69. The summed E-state index contributed by atoms with van der Waals surface area (Å²) >= 11 is 0. The molecule has 1 aliphatic rings. The van der Waals surface area contributed by atoms with Crippen LogP contribution in [-0.2, 0) is 4.79 Å². The molecule has 38 heavy (non-hydrogen) atoms.